The Balaban J connectivity index is 1.28. The van der Waals surface area contributed by atoms with Gasteiger partial charge in [-0.15, -0.1) is 0 Å². The third kappa shape index (κ3) is 6.91. The third-order valence-corrected chi connectivity index (χ3v) is 6.80. The van der Waals surface area contributed by atoms with E-state index in [-0.39, 0.29) is 18.0 Å². The number of fused-ring (bicyclic) bond motifs is 1. The fourth-order valence-electron chi connectivity index (χ4n) is 4.77. The Kier molecular flexibility index (Phi) is 8.47. The van der Waals surface area contributed by atoms with Crippen LogP contribution in [-0.4, -0.2) is 53.8 Å². The average molecular weight is 570 g/mol. The topological polar surface area (TPSA) is 99.2 Å². The number of likely N-dealkylation sites (tertiary alicyclic amines) is 1. The molecule has 3 aromatic carbocycles. The summed E-state index contributed by atoms with van der Waals surface area (Å²) in [6.45, 7) is 6.53. The van der Waals surface area contributed by atoms with Crippen LogP contribution in [0.2, 0.25) is 0 Å². The molecule has 0 spiro atoms. The fraction of sp³-hybridized carbons (Fsp3) is 0.303. The summed E-state index contributed by atoms with van der Waals surface area (Å²) in [4.78, 5) is 31.4. The summed E-state index contributed by atoms with van der Waals surface area (Å²) in [6, 6.07) is 21.5. The van der Waals surface area contributed by atoms with Gasteiger partial charge in [-0.25, -0.2) is 4.79 Å². The van der Waals surface area contributed by atoms with Crippen LogP contribution >= 0.6 is 0 Å². The maximum Gasteiger partial charge on any atom is 0.410 e. The minimum absolute atomic E-state index is 0.0941. The van der Waals surface area contributed by atoms with Crippen molar-refractivity contribution in [3.8, 4) is 23.0 Å². The number of nitrogens with one attached hydrogen (secondary N) is 1. The first-order valence-electron chi connectivity index (χ1n) is 13.9. The summed E-state index contributed by atoms with van der Waals surface area (Å²) in [5.41, 5.74) is 1.36. The molecule has 0 radical (unpaired) electrons. The Morgan fingerprint density at radius 2 is 1.74 bits per heavy atom. The quantitative estimate of drug-likeness (QED) is 0.242. The molecule has 9 nitrogen and oxygen atoms in total. The van der Waals surface area contributed by atoms with Crippen molar-refractivity contribution in [3.05, 3.63) is 84.6 Å². The second kappa shape index (κ2) is 12.4. The van der Waals surface area contributed by atoms with Crippen molar-refractivity contribution in [2.75, 3.05) is 25.6 Å². The summed E-state index contributed by atoms with van der Waals surface area (Å²) in [5.74, 6) is 2.08. The first kappa shape index (κ1) is 28.7. The summed E-state index contributed by atoms with van der Waals surface area (Å²) in [6.07, 6.45) is 3.07. The molecule has 0 aliphatic carbocycles. The van der Waals surface area contributed by atoms with E-state index in [1.54, 1.807) is 60.7 Å². The van der Waals surface area contributed by atoms with E-state index in [1.165, 1.54) is 0 Å². The van der Waals surface area contributed by atoms with Crippen molar-refractivity contribution in [3.63, 3.8) is 0 Å². The van der Waals surface area contributed by atoms with Gasteiger partial charge in [0, 0.05) is 35.4 Å². The highest BCUT2D eigenvalue weighted by molar-refractivity contribution is 6.04. The summed E-state index contributed by atoms with van der Waals surface area (Å²) >= 11 is 0. The lowest BCUT2D eigenvalue weighted by atomic mass is 10.1. The van der Waals surface area contributed by atoms with Gasteiger partial charge in [-0.3, -0.25) is 9.78 Å². The highest BCUT2D eigenvalue weighted by Crippen LogP contribution is 2.37. The van der Waals surface area contributed by atoms with Crippen LogP contribution in [0.15, 0.2) is 79.0 Å². The van der Waals surface area contributed by atoms with Crippen LogP contribution in [0.4, 0.5) is 10.5 Å². The van der Waals surface area contributed by atoms with Gasteiger partial charge >= 0.3 is 6.09 Å². The van der Waals surface area contributed by atoms with E-state index >= 15 is 0 Å². The molecular formula is C33H35N3O6. The van der Waals surface area contributed by atoms with Crippen molar-refractivity contribution in [1.82, 2.24) is 9.88 Å². The van der Waals surface area contributed by atoms with E-state index in [4.69, 9.17) is 18.9 Å². The van der Waals surface area contributed by atoms with Crippen LogP contribution in [0.1, 0.15) is 44.0 Å². The second-order valence-electron chi connectivity index (χ2n) is 11.1. The minimum Gasteiger partial charge on any atom is -0.493 e. The Hall–Kier alpha value is -4.79. The normalized spacial score (nSPS) is 14.9. The summed E-state index contributed by atoms with van der Waals surface area (Å²) in [5, 5.41) is 3.64. The maximum atomic E-state index is 12.7. The number of benzene rings is 3. The van der Waals surface area contributed by atoms with Crippen LogP contribution in [0.25, 0.3) is 10.9 Å². The molecule has 1 aromatic heterocycles. The number of ether oxygens (including phenoxy) is 4. The molecule has 5 rings (SSSR count). The van der Waals surface area contributed by atoms with Crippen LogP contribution in [0, 0.1) is 0 Å². The molecule has 1 N–H and O–H groups in total. The van der Waals surface area contributed by atoms with Crippen molar-refractivity contribution in [2.45, 2.75) is 45.3 Å². The molecule has 1 unspecified atom stereocenters. The van der Waals surface area contributed by atoms with E-state index in [0.717, 1.165) is 18.2 Å². The monoisotopic (exact) mass is 569 g/mol. The Morgan fingerprint density at radius 3 is 2.45 bits per heavy atom. The molecule has 9 heteroatoms. The molecule has 1 saturated heterocycles. The zero-order valence-corrected chi connectivity index (χ0v) is 24.3. The third-order valence-electron chi connectivity index (χ3n) is 6.80. The number of anilines is 1. The fourth-order valence-corrected chi connectivity index (χ4v) is 4.77. The van der Waals surface area contributed by atoms with Crippen molar-refractivity contribution in [1.29, 1.82) is 0 Å². The van der Waals surface area contributed by atoms with Gasteiger partial charge in [0.1, 0.15) is 23.7 Å². The smallest absolute Gasteiger partial charge is 0.410 e. The number of carbonyl (C=O) groups is 2. The van der Waals surface area contributed by atoms with E-state index < -0.39 is 5.60 Å². The van der Waals surface area contributed by atoms with Crippen molar-refractivity contribution < 1.29 is 28.5 Å². The van der Waals surface area contributed by atoms with Crippen molar-refractivity contribution >= 4 is 28.6 Å². The first-order valence-corrected chi connectivity index (χ1v) is 13.9. The molecule has 1 fully saturated rings. The number of hydrogen-bond donors (Lipinski definition) is 1. The van der Waals surface area contributed by atoms with E-state index in [2.05, 4.69) is 10.3 Å². The lowest BCUT2D eigenvalue weighted by Crippen LogP contribution is -2.42. The first-order chi connectivity index (χ1) is 20.2. The van der Waals surface area contributed by atoms with Gasteiger partial charge < -0.3 is 29.2 Å². The highest BCUT2D eigenvalue weighted by atomic mass is 16.6. The molecule has 1 aliphatic rings. The average Bonchev–Trinajstić information content (AvgIpc) is 3.45. The number of carbonyl (C=O) groups excluding carboxylic acids is 2. The van der Waals surface area contributed by atoms with Gasteiger partial charge in [0.05, 0.1) is 18.7 Å². The van der Waals surface area contributed by atoms with Crippen LogP contribution in [0.3, 0.4) is 0 Å². The second-order valence-corrected chi connectivity index (χ2v) is 11.1. The van der Waals surface area contributed by atoms with Gasteiger partial charge in [0.25, 0.3) is 5.91 Å². The molecule has 1 atom stereocenters. The SMILES string of the molecule is COc1cc2c(Oc3ccc(NC(=O)c4ccccc4)cc3)ccnc2cc1OCC1CCCN1C(=O)OC(C)(C)C. The van der Waals surface area contributed by atoms with Gasteiger partial charge in [-0.05, 0) is 82.1 Å². The molecule has 218 valence electrons. The van der Waals surface area contributed by atoms with Gasteiger partial charge in [0.15, 0.2) is 11.5 Å². The summed E-state index contributed by atoms with van der Waals surface area (Å²) in [7, 11) is 1.58. The number of methoxy groups -OCH3 is 1. The molecule has 0 saturated carbocycles. The number of aromatic nitrogens is 1. The molecular weight excluding hydrogens is 534 g/mol. The van der Waals surface area contributed by atoms with Crippen molar-refractivity contribution in [2.24, 2.45) is 0 Å². The predicted molar refractivity (Wildman–Crippen MR) is 161 cm³/mol. The van der Waals surface area contributed by atoms with Crippen LogP contribution < -0.4 is 19.5 Å². The predicted octanol–water partition coefficient (Wildman–Crippen LogP) is 7.07. The largest absolute Gasteiger partial charge is 0.493 e. The molecule has 2 heterocycles. The van der Waals surface area contributed by atoms with E-state index in [9.17, 15) is 9.59 Å². The molecule has 42 heavy (non-hydrogen) atoms. The molecule has 0 bridgehead atoms. The highest BCUT2D eigenvalue weighted by Gasteiger charge is 2.33. The van der Waals surface area contributed by atoms with Gasteiger partial charge in [-0.2, -0.15) is 0 Å². The lowest BCUT2D eigenvalue weighted by Gasteiger charge is -2.28. The molecule has 1 aliphatic heterocycles. The summed E-state index contributed by atoms with van der Waals surface area (Å²) < 4.78 is 23.6. The Bertz CT molecular complexity index is 1550. The standard InChI is InChI=1S/C33H35N3O6/c1-33(2,3)42-32(38)36-18-8-11-24(36)21-40-30-20-27-26(19-29(30)39-4)28(16-17-34-27)41-25-14-12-23(13-15-25)35-31(37)22-9-6-5-7-10-22/h5-7,9-10,12-17,19-20,24H,8,11,18,21H2,1-4H3,(H,35,37). The number of pyridine rings is 1. The zero-order valence-electron chi connectivity index (χ0n) is 24.3. The number of amides is 2. The lowest BCUT2D eigenvalue weighted by molar-refractivity contribution is 0.0186. The van der Waals surface area contributed by atoms with E-state index in [1.807, 2.05) is 51.1 Å². The number of nitrogens with zero attached hydrogens (tertiary/aromatic N) is 2. The Morgan fingerprint density at radius 1 is 0.976 bits per heavy atom. The van der Waals surface area contributed by atoms with Gasteiger partial charge in [-0.1, -0.05) is 18.2 Å². The molecule has 2 amide bonds. The maximum absolute atomic E-state index is 12.7. The number of hydrogen-bond acceptors (Lipinski definition) is 7. The van der Waals surface area contributed by atoms with Crippen LogP contribution in [-0.2, 0) is 4.74 Å². The van der Waals surface area contributed by atoms with E-state index in [0.29, 0.717) is 52.9 Å². The van der Waals surface area contributed by atoms with Gasteiger partial charge in [0.2, 0.25) is 0 Å². The Labute approximate surface area is 245 Å². The zero-order chi connectivity index (χ0) is 29.7. The van der Waals surface area contributed by atoms with Crippen LogP contribution in [0.5, 0.6) is 23.0 Å². The number of rotatable bonds is 8. The molecule has 4 aromatic rings. The minimum atomic E-state index is -0.557.